The lowest BCUT2D eigenvalue weighted by Crippen LogP contribution is -2.11. The number of hydrogen-bond donors (Lipinski definition) is 2. The van der Waals surface area contributed by atoms with E-state index in [1.54, 1.807) is 23.5 Å². The number of aromatic nitrogens is 1. The summed E-state index contributed by atoms with van der Waals surface area (Å²) in [6.07, 6.45) is 1.88. The number of carboxylic acid groups (broad SMARTS) is 1. The maximum atomic E-state index is 10.7. The summed E-state index contributed by atoms with van der Waals surface area (Å²) >= 11 is 1.68. The summed E-state index contributed by atoms with van der Waals surface area (Å²) in [6, 6.07) is 6.90. The number of benzene rings is 1. The fraction of sp³-hybridized carbons (Fsp3) is 0.231. The summed E-state index contributed by atoms with van der Waals surface area (Å²) in [5.74, 6) is -0.894. The molecule has 5 heteroatoms. The molecule has 18 heavy (non-hydrogen) atoms. The molecule has 2 aromatic rings. The van der Waals surface area contributed by atoms with Crippen molar-refractivity contribution in [1.29, 1.82) is 0 Å². The lowest BCUT2D eigenvalue weighted by molar-refractivity contribution is 0.0697. The maximum Gasteiger partial charge on any atom is 0.335 e. The average Bonchev–Trinajstić information content (AvgIpc) is 2.76. The van der Waals surface area contributed by atoms with Crippen LogP contribution in [0, 0.1) is 6.92 Å². The van der Waals surface area contributed by atoms with E-state index >= 15 is 0 Å². The van der Waals surface area contributed by atoms with Crippen molar-refractivity contribution in [2.45, 2.75) is 20.0 Å². The quantitative estimate of drug-likeness (QED) is 0.868. The van der Waals surface area contributed by atoms with E-state index in [2.05, 4.69) is 10.3 Å². The van der Waals surface area contributed by atoms with Gasteiger partial charge in [-0.2, -0.15) is 0 Å². The van der Waals surface area contributed by atoms with Gasteiger partial charge in [-0.05, 0) is 24.6 Å². The number of nitrogens with one attached hydrogen (secondary N) is 1. The molecule has 1 heterocycles. The third kappa shape index (κ3) is 3.38. The van der Waals surface area contributed by atoms with Crippen LogP contribution in [0.25, 0.3) is 0 Å². The maximum absolute atomic E-state index is 10.7. The highest BCUT2D eigenvalue weighted by Gasteiger charge is 2.02. The van der Waals surface area contributed by atoms with E-state index in [-0.39, 0.29) is 0 Å². The second kappa shape index (κ2) is 5.75. The van der Waals surface area contributed by atoms with Crippen LogP contribution in [0.1, 0.15) is 25.8 Å². The third-order valence-electron chi connectivity index (χ3n) is 2.50. The van der Waals surface area contributed by atoms with Crippen LogP contribution in [0.3, 0.4) is 0 Å². The van der Waals surface area contributed by atoms with Gasteiger partial charge in [0.15, 0.2) is 0 Å². The predicted molar refractivity (Wildman–Crippen MR) is 70.8 cm³/mol. The minimum absolute atomic E-state index is 0.317. The van der Waals surface area contributed by atoms with Gasteiger partial charge < -0.3 is 10.4 Å². The molecule has 0 fully saturated rings. The summed E-state index contributed by atoms with van der Waals surface area (Å²) < 4.78 is 0. The van der Waals surface area contributed by atoms with Crippen LogP contribution < -0.4 is 5.32 Å². The Balaban J connectivity index is 1.85. The molecule has 0 amide bonds. The molecule has 1 aromatic carbocycles. The van der Waals surface area contributed by atoms with Gasteiger partial charge in [0.2, 0.25) is 0 Å². The monoisotopic (exact) mass is 262 g/mol. The van der Waals surface area contributed by atoms with Crippen molar-refractivity contribution in [3.8, 4) is 0 Å². The Morgan fingerprint density at radius 2 is 2.06 bits per heavy atom. The summed E-state index contributed by atoms with van der Waals surface area (Å²) in [4.78, 5) is 16.1. The van der Waals surface area contributed by atoms with Crippen molar-refractivity contribution < 1.29 is 9.90 Å². The highest BCUT2D eigenvalue weighted by molar-refractivity contribution is 7.11. The lowest BCUT2D eigenvalue weighted by Gasteiger charge is -2.03. The van der Waals surface area contributed by atoms with Gasteiger partial charge in [0.1, 0.15) is 0 Å². The zero-order chi connectivity index (χ0) is 13.0. The first-order chi connectivity index (χ1) is 8.65. The van der Waals surface area contributed by atoms with Crippen molar-refractivity contribution in [3.05, 3.63) is 51.5 Å². The number of nitrogens with zero attached hydrogens (tertiary/aromatic N) is 1. The van der Waals surface area contributed by atoms with Crippen LogP contribution in [0.15, 0.2) is 30.5 Å². The second-order valence-corrected chi connectivity index (χ2v) is 5.27. The topological polar surface area (TPSA) is 62.2 Å². The zero-order valence-electron chi connectivity index (χ0n) is 10.0. The molecular formula is C13H14N2O2S. The van der Waals surface area contributed by atoms with E-state index in [0.717, 1.165) is 23.7 Å². The van der Waals surface area contributed by atoms with E-state index in [0.29, 0.717) is 5.56 Å². The molecule has 1 aromatic heterocycles. The van der Waals surface area contributed by atoms with E-state index < -0.39 is 5.97 Å². The number of aromatic carboxylic acids is 1. The van der Waals surface area contributed by atoms with Gasteiger partial charge in [-0.1, -0.05) is 12.1 Å². The third-order valence-corrected chi connectivity index (χ3v) is 3.41. The fourth-order valence-corrected chi connectivity index (χ4v) is 2.35. The molecule has 0 radical (unpaired) electrons. The van der Waals surface area contributed by atoms with Gasteiger partial charge in [-0.15, -0.1) is 11.3 Å². The van der Waals surface area contributed by atoms with Crippen molar-refractivity contribution in [2.24, 2.45) is 0 Å². The standard InChI is InChI=1S/C13H14N2O2S/c1-9-15-8-12(18-9)7-14-6-10-2-4-11(5-3-10)13(16)17/h2-5,8,14H,6-7H2,1H3,(H,16,17). The zero-order valence-corrected chi connectivity index (χ0v) is 10.8. The number of carboxylic acids is 1. The molecule has 0 aliphatic rings. The summed E-state index contributed by atoms with van der Waals surface area (Å²) in [5, 5.41) is 13.2. The first kappa shape index (κ1) is 12.7. The van der Waals surface area contributed by atoms with Gasteiger partial charge >= 0.3 is 5.97 Å². The molecule has 0 aliphatic heterocycles. The molecule has 0 aliphatic carbocycles. The molecule has 4 nitrogen and oxygen atoms in total. The van der Waals surface area contributed by atoms with Gasteiger partial charge in [-0.25, -0.2) is 9.78 Å². The molecule has 0 unspecified atom stereocenters. The van der Waals surface area contributed by atoms with Crippen molar-refractivity contribution in [2.75, 3.05) is 0 Å². The number of carbonyl (C=O) groups is 1. The summed E-state index contributed by atoms with van der Waals surface area (Å²) in [7, 11) is 0. The Hall–Kier alpha value is -1.72. The molecule has 0 bridgehead atoms. The molecular weight excluding hydrogens is 248 g/mol. The highest BCUT2D eigenvalue weighted by atomic mass is 32.1. The Labute approximate surface area is 109 Å². The molecule has 2 rings (SSSR count). The van der Waals surface area contributed by atoms with Crippen LogP contribution in [-0.2, 0) is 13.1 Å². The number of thiazole rings is 1. The number of hydrogen-bond acceptors (Lipinski definition) is 4. The molecule has 0 saturated carbocycles. The number of rotatable bonds is 5. The molecule has 94 valence electrons. The predicted octanol–water partition coefficient (Wildman–Crippen LogP) is 2.44. The SMILES string of the molecule is Cc1ncc(CNCc2ccc(C(=O)O)cc2)s1. The highest BCUT2D eigenvalue weighted by Crippen LogP contribution is 2.11. The summed E-state index contributed by atoms with van der Waals surface area (Å²) in [6.45, 7) is 3.49. The molecule has 0 spiro atoms. The largest absolute Gasteiger partial charge is 0.478 e. The normalized spacial score (nSPS) is 10.5. The van der Waals surface area contributed by atoms with Gasteiger partial charge in [0.25, 0.3) is 0 Å². The van der Waals surface area contributed by atoms with Gasteiger partial charge in [0, 0.05) is 24.2 Å². The Kier molecular flexibility index (Phi) is 4.07. The molecule has 0 atom stereocenters. The first-order valence-corrected chi connectivity index (χ1v) is 6.41. The van der Waals surface area contributed by atoms with Gasteiger partial charge in [0.05, 0.1) is 10.6 Å². The van der Waals surface area contributed by atoms with E-state index in [1.165, 1.54) is 4.88 Å². The van der Waals surface area contributed by atoms with Crippen LogP contribution >= 0.6 is 11.3 Å². The fourth-order valence-electron chi connectivity index (χ4n) is 1.58. The molecule has 0 saturated heterocycles. The van der Waals surface area contributed by atoms with Crippen LogP contribution in [-0.4, -0.2) is 16.1 Å². The lowest BCUT2D eigenvalue weighted by atomic mass is 10.1. The molecule has 2 N–H and O–H groups in total. The van der Waals surface area contributed by atoms with E-state index in [1.807, 2.05) is 25.3 Å². The van der Waals surface area contributed by atoms with E-state index in [4.69, 9.17) is 5.11 Å². The van der Waals surface area contributed by atoms with Crippen LogP contribution in [0.5, 0.6) is 0 Å². The average molecular weight is 262 g/mol. The van der Waals surface area contributed by atoms with E-state index in [9.17, 15) is 4.79 Å². The van der Waals surface area contributed by atoms with Crippen LogP contribution in [0.2, 0.25) is 0 Å². The minimum atomic E-state index is -0.894. The Morgan fingerprint density at radius 3 is 2.61 bits per heavy atom. The Bertz CT molecular complexity index is 534. The second-order valence-electron chi connectivity index (χ2n) is 3.95. The smallest absolute Gasteiger partial charge is 0.335 e. The van der Waals surface area contributed by atoms with Crippen molar-refractivity contribution >= 4 is 17.3 Å². The number of aryl methyl sites for hydroxylation is 1. The Morgan fingerprint density at radius 1 is 1.33 bits per heavy atom. The van der Waals surface area contributed by atoms with Crippen molar-refractivity contribution in [3.63, 3.8) is 0 Å². The van der Waals surface area contributed by atoms with Crippen LogP contribution in [0.4, 0.5) is 0 Å². The van der Waals surface area contributed by atoms with Gasteiger partial charge in [-0.3, -0.25) is 0 Å². The van der Waals surface area contributed by atoms with Crippen molar-refractivity contribution in [1.82, 2.24) is 10.3 Å². The minimum Gasteiger partial charge on any atom is -0.478 e. The first-order valence-electron chi connectivity index (χ1n) is 5.59. The summed E-state index contributed by atoms with van der Waals surface area (Å²) in [5.41, 5.74) is 1.39.